The van der Waals surface area contributed by atoms with E-state index in [1.54, 1.807) is 13.2 Å². The molecule has 0 aliphatic rings. The zero-order valence-corrected chi connectivity index (χ0v) is 8.84. The van der Waals surface area contributed by atoms with Crippen LogP contribution in [0.2, 0.25) is 0 Å². The van der Waals surface area contributed by atoms with Crippen molar-refractivity contribution < 1.29 is 4.79 Å². The van der Waals surface area contributed by atoms with Gasteiger partial charge in [0, 0.05) is 12.6 Å². The number of carbonyl (C=O) groups excluding carboxylic acids is 1. The lowest BCUT2D eigenvalue weighted by Gasteiger charge is -1.90. The second kappa shape index (κ2) is 4.45. The Bertz CT molecular complexity index is 559. The molecular weight excluding hydrogens is 200 g/mol. The first-order chi connectivity index (χ1) is 7.81. The Labute approximate surface area is 93.7 Å². The van der Waals surface area contributed by atoms with E-state index in [0.717, 1.165) is 11.8 Å². The smallest absolute Gasteiger partial charge is 0.169 e. The van der Waals surface area contributed by atoms with Gasteiger partial charge in [-0.05, 0) is 12.1 Å². The van der Waals surface area contributed by atoms with E-state index in [4.69, 9.17) is 0 Å². The van der Waals surface area contributed by atoms with Gasteiger partial charge in [0.25, 0.3) is 0 Å². The maximum Gasteiger partial charge on any atom is 0.169 e. The third-order valence-corrected chi connectivity index (χ3v) is 2.21. The van der Waals surface area contributed by atoms with E-state index in [-0.39, 0.29) is 0 Å². The van der Waals surface area contributed by atoms with Crippen molar-refractivity contribution in [3.8, 4) is 11.8 Å². The molecule has 0 aliphatic carbocycles. The Morgan fingerprint density at radius 3 is 2.69 bits per heavy atom. The minimum absolute atomic E-state index is 0.503. The zero-order chi connectivity index (χ0) is 11.4. The van der Waals surface area contributed by atoms with Crippen molar-refractivity contribution in [3.05, 3.63) is 53.3 Å². The predicted molar refractivity (Wildman–Crippen MR) is 61.0 cm³/mol. The Morgan fingerprint density at radius 2 is 2.00 bits per heavy atom. The predicted octanol–water partition coefficient (Wildman–Crippen LogP) is 1.63. The number of aldehydes is 1. The van der Waals surface area contributed by atoms with Crippen molar-refractivity contribution in [2.24, 2.45) is 7.05 Å². The highest BCUT2D eigenvalue weighted by atomic mass is 16.1. The number of rotatable bonds is 1. The molecule has 0 unspecified atom stereocenters. The topological polar surface area (TPSA) is 34.9 Å². The van der Waals surface area contributed by atoms with Crippen molar-refractivity contribution in [1.29, 1.82) is 0 Å². The Morgan fingerprint density at radius 1 is 1.25 bits per heavy atom. The van der Waals surface area contributed by atoms with Crippen molar-refractivity contribution >= 4 is 6.29 Å². The minimum atomic E-state index is 0.503. The molecule has 0 aliphatic heterocycles. The summed E-state index contributed by atoms with van der Waals surface area (Å²) >= 11 is 0. The normalized spacial score (nSPS) is 9.31. The van der Waals surface area contributed by atoms with Gasteiger partial charge < -0.3 is 0 Å². The number of aryl methyl sites for hydroxylation is 1. The lowest BCUT2D eigenvalue weighted by Crippen LogP contribution is -1.97. The van der Waals surface area contributed by atoms with Crippen LogP contribution in [0.5, 0.6) is 0 Å². The molecule has 78 valence electrons. The van der Waals surface area contributed by atoms with Gasteiger partial charge in [0.2, 0.25) is 0 Å². The number of hydrogen-bond acceptors (Lipinski definition) is 2. The third kappa shape index (κ3) is 2.01. The zero-order valence-electron chi connectivity index (χ0n) is 8.84. The van der Waals surface area contributed by atoms with Crippen molar-refractivity contribution in [3.63, 3.8) is 0 Å². The van der Waals surface area contributed by atoms with E-state index < -0.39 is 0 Å². The molecule has 0 radical (unpaired) electrons. The fourth-order valence-corrected chi connectivity index (χ4v) is 1.34. The molecule has 0 atom stereocenters. The summed E-state index contributed by atoms with van der Waals surface area (Å²) in [7, 11) is 1.72. The van der Waals surface area contributed by atoms with E-state index >= 15 is 0 Å². The van der Waals surface area contributed by atoms with Crippen molar-refractivity contribution in [2.75, 3.05) is 0 Å². The van der Waals surface area contributed by atoms with Gasteiger partial charge in [0.1, 0.15) is 5.69 Å². The van der Waals surface area contributed by atoms with Gasteiger partial charge in [-0.25, -0.2) is 0 Å². The molecule has 0 bridgehead atoms. The largest absolute Gasteiger partial charge is 0.296 e. The van der Waals surface area contributed by atoms with Crippen LogP contribution in [-0.4, -0.2) is 16.1 Å². The Kier molecular flexibility index (Phi) is 2.84. The summed E-state index contributed by atoms with van der Waals surface area (Å²) in [5.41, 5.74) is 2.08. The van der Waals surface area contributed by atoms with Gasteiger partial charge in [0.15, 0.2) is 6.29 Å². The monoisotopic (exact) mass is 210 g/mol. The SMILES string of the molecule is Cn1ncc(C#Cc2ccccc2)c1C=O. The molecule has 2 aromatic rings. The molecule has 0 fully saturated rings. The molecule has 0 saturated carbocycles. The second-order valence-electron chi connectivity index (χ2n) is 3.30. The van der Waals surface area contributed by atoms with Crippen LogP contribution < -0.4 is 0 Å². The van der Waals surface area contributed by atoms with Gasteiger partial charge in [-0.1, -0.05) is 30.0 Å². The molecular formula is C13H10N2O. The summed E-state index contributed by atoms with van der Waals surface area (Å²) in [6.07, 6.45) is 2.36. The molecule has 1 aromatic heterocycles. The summed E-state index contributed by atoms with van der Waals surface area (Å²) in [5.74, 6) is 5.92. The van der Waals surface area contributed by atoms with E-state index in [2.05, 4.69) is 16.9 Å². The number of carbonyl (C=O) groups is 1. The van der Waals surface area contributed by atoms with Gasteiger partial charge in [-0.2, -0.15) is 5.10 Å². The summed E-state index contributed by atoms with van der Waals surface area (Å²) in [4.78, 5) is 10.8. The quantitative estimate of drug-likeness (QED) is 0.529. The van der Waals surface area contributed by atoms with Crippen LogP contribution in [0, 0.1) is 11.8 Å². The highest BCUT2D eigenvalue weighted by molar-refractivity contribution is 5.76. The fourth-order valence-electron chi connectivity index (χ4n) is 1.34. The standard InChI is InChI=1S/C13H10N2O/c1-15-13(10-16)12(9-14-15)8-7-11-5-3-2-4-6-11/h2-6,9-10H,1H3. The van der Waals surface area contributed by atoms with Crippen LogP contribution in [0.15, 0.2) is 36.5 Å². The van der Waals surface area contributed by atoms with E-state index in [1.165, 1.54) is 4.68 Å². The molecule has 3 nitrogen and oxygen atoms in total. The summed E-state index contributed by atoms with van der Waals surface area (Å²) < 4.78 is 1.52. The van der Waals surface area contributed by atoms with Crippen molar-refractivity contribution in [1.82, 2.24) is 9.78 Å². The molecule has 1 aromatic carbocycles. The number of benzene rings is 1. The fraction of sp³-hybridized carbons (Fsp3) is 0.0769. The summed E-state index contributed by atoms with van der Waals surface area (Å²) in [6, 6.07) is 9.63. The molecule has 1 heterocycles. The maximum atomic E-state index is 10.8. The van der Waals surface area contributed by atoms with E-state index in [1.807, 2.05) is 30.3 Å². The molecule has 2 rings (SSSR count). The third-order valence-electron chi connectivity index (χ3n) is 2.21. The Hall–Kier alpha value is -2.34. The lowest BCUT2D eigenvalue weighted by atomic mass is 10.2. The maximum absolute atomic E-state index is 10.8. The Balaban J connectivity index is 2.35. The molecule has 0 N–H and O–H groups in total. The van der Waals surface area contributed by atoms with Crippen LogP contribution in [0.3, 0.4) is 0 Å². The minimum Gasteiger partial charge on any atom is -0.296 e. The first-order valence-electron chi connectivity index (χ1n) is 4.85. The average molecular weight is 210 g/mol. The molecule has 0 amide bonds. The average Bonchev–Trinajstić information content (AvgIpc) is 2.68. The van der Waals surface area contributed by atoms with E-state index in [0.29, 0.717) is 11.3 Å². The van der Waals surface area contributed by atoms with Gasteiger partial charge in [-0.3, -0.25) is 9.48 Å². The van der Waals surface area contributed by atoms with Gasteiger partial charge >= 0.3 is 0 Å². The van der Waals surface area contributed by atoms with Gasteiger partial charge in [0.05, 0.1) is 11.8 Å². The first kappa shape index (κ1) is 10.2. The molecule has 3 heteroatoms. The molecule has 0 saturated heterocycles. The number of aromatic nitrogens is 2. The van der Waals surface area contributed by atoms with Crippen LogP contribution in [0.1, 0.15) is 21.6 Å². The van der Waals surface area contributed by atoms with Crippen LogP contribution >= 0.6 is 0 Å². The van der Waals surface area contributed by atoms with Crippen LogP contribution in [-0.2, 0) is 7.05 Å². The molecule has 16 heavy (non-hydrogen) atoms. The molecule has 0 spiro atoms. The summed E-state index contributed by atoms with van der Waals surface area (Å²) in [5, 5.41) is 3.98. The second-order valence-corrected chi connectivity index (χ2v) is 3.30. The number of nitrogens with zero attached hydrogens (tertiary/aromatic N) is 2. The summed E-state index contributed by atoms with van der Waals surface area (Å²) in [6.45, 7) is 0. The first-order valence-corrected chi connectivity index (χ1v) is 4.85. The van der Waals surface area contributed by atoms with Crippen LogP contribution in [0.25, 0.3) is 0 Å². The number of hydrogen-bond donors (Lipinski definition) is 0. The van der Waals surface area contributed by atoms with Crippen molar-refractivity contribution in [2.45, 2.75) is 0 Å². The van der Waals surface area contributed by atoms with Gasteiger partial charge in [-0.15, -0.1) is 0 Å². The van der Waals surface area contributed by atoms with Crippen LogP contribution in [0.4, 0.5) is 0 Å². The van der Waals surface area contributed by atoms with E-state index in [9.17, 15) is 4.79 Å². The highest BCUT2D eigenvalue weighted by Crippen LogP contribution is 2.03. The highest BCUT2D eigenvalue weighted by Gasteiger charge is 2.03. The lowest BCUT2D eigenvalue weighted by molar-refractivity contribution is 0.111.